The minimum absolute atomic E-state index is 0.00231. The van der Waals surface area contributed by atoms with Crippen LogP contribution < -0.4 is 5.73 Å². The van der Waals surface area contributed by atoms with Crippen molar-refractivity contribution in [1.82, 2.24) is 4.90 Å². The number of amides is 1. The molecule has 0 aromatic rings. The Balaban J connectivity index is 2.52. The molecular weight excluding hydrogens is 140 g/mol. The molecule has 11 heavy (non-hydrogen) atoms. The number of carbonyl (C=O) groups excluding carboxylic acids is 1. The Hall–Kier alpha value is -0.570. The standard InChI is InChI=1S/C8H16N2O/c1-6(8(9)11)7-4-3-5-10(7)2/h6-7H,3-5H2,1-2H3,(H2,9,11)/t6?,7-/m1/s1. The molecular formula is C8H16N2O. The van der Waals surface area contributed by atoms with Crippen molar-refractivity contribution >= 4 is 5.91 Å². The molecule has 64 valence electrons. The number of nitrogens with two attached hydrogens (primary N) is 1. The number of primary amides is 1. The third-order valence-corrected chi connectivity index (χ3v) is 2.60. The van der Waals surface area contributed by atoms with Gasteiger partial charge in [0.05, 0.1) is 5.92 Å². The maximum absolute atomic E-state index is 10.8. The Morgan fingerprint density at radius 3 is 2.73 bits per heavy atom. The third-order valence-electron chi connectivity index (χ3n) is 2.60. The van der Waals surface area contributed by atoms with E-state index in [9.17, 15) is 4.79 Å². The van der Waals surface area contributed by atoms with Crippen molar-refractivity contribution in [2.75, 3.05) is 13.6 Å². The highest BCUT2D eigenvalue weighted by Gasteiger charge is 2.29. The summed E-state index contributed by atoms with van der Waals surface area (Å²) in [6.07, 6.45) is 2.30. The van der Waals surface area contributed by atoms with Gasteiger partial charge in [-0.3, -0.25) is 4.79 Å². The number of hydrogen-bond donors (Lipinski definition) is 1. The monoisotopic (exact) mass is 156 g/mol. The first-order chi connectivity index (χ1) is 5.13. The zero-order valence-corrected chi connectivity index (χ0v) is 7.21. The topological polar surface area (TPSA) is 46.3 Å². The third kappa shape index (κ3) is 1.71. The number of likely N-dealkylation sites (tertiary alicyclic amines) is 1. The van der Waals surface area contributed by atoms with Gasteiger partial charge in [-0.2, -0.15) is 0 Å². The van der Waals surface area contributed by atoms with Crippen LogP contribution in [-0.2, 0) is 4.79 Å². The largest absolute Gasteiger partial charge is 0.369 e. The highest BCUT2D eigenvalue weighted by Crippen LogP contribution is 2.21. The predicted octanol–water partition coefficient (Wildman–Crippen LogP) is 0.202. The van der Waals surface area contributed by atoms with Gasteiger partial charge in [0, 0.05) is 6.04 Å². The van der Waals surface area contributed by atoms with Crippen LogP contribution in [0.5, 0.6) is 0 Å². The van der Waals surface area contributed by atoms with Crippen LogP contribution in [-0.4, -0.2) is 30.4 Å². The lowest BCUT2D eigenvalue weighted by Crippen LogP contribution is -2.38. The average Bonchev–Trinajstić information content (AvgIpc) is 2.33. The molecule has 1 saturated heterocycles. The fourth-order valence-corrected chi connectivity index (χ4v) is 1.76. The maximum Gasteiger partial charge on any atom is 0.221 e. The van der Waals surface area contributed by atoms with E-state index >= 15 is 0 Å². The van der Waals surface area contributed by atoms with Gasteiger partial charge in [-0.1, -0.05) is 6.92 Å². The molecule has 1 unspecified atom stereocenters. The molecule has 0 aromatic heterocycles. The zero-order chi connectivity index (χ0) is 8.43. The van der Waals surface area contributed by atoms with Gasteiger partial charge in [-0.15, -0.1) is 0 Å². The molecule has 0 saturated carbocycles. The molecule has 0 bridgehead atoms. The second-order valence-corrected chi connectivity index (χ2v) is 3.38. The van der Waals surface area contributed by atoms with Crippen LogP contribution in [0.2, 0.25) is 0 Å². The van der Waals surface area contributed by atoms with Gasteiger partial charge in [-0.25, -0.2) is 0 Å². The zero-order valence-electron chi connectivity index (χ0n) is 7.21. The van der Waals surface area contributed by atoms with E-state index in [1.165, 1.54) is 6.42 Å². The van der Waals surface area contributed by atoms with E-state index in [1.807, 2.05) is 6.92 Å². The van der Waals surface area contributed by atoms with Crippen molar-refractivity contribution in [2.24, 2.45) is 11.7 Å². The number of rotatable bonds is 2. The van der Waals surface area contributed by atoms with Crippen molar-refractivity contribution < 1.29 is 4.79 Å². The number of hydrogen-bond acceptors (Lipinski definition) is 2. The summed E-state index contributed by atoms with van der Waals surface area (Å²) in [6.45, 7) is 3.01. The Labute approximate surface area is 67.5 Å². The van der Waals surface area contributed by atoms with Crippen molar-refractivity contribution in [2.45, 2.75) is 25.8 Å². The van der Waals surface area contributed by atoms with Gasteiger partial charge >= 0.3 is 0 Å². The smallest absolute Gasteiger partial charge is 0.221 e. The molecule has 0 aromatic carbocycles. The molecule has 3 heteroatoms. The lowest BCUT2D eigenvalue weighted by molar-refractivity contribution is -0.122. The van der Waals surface area contributed by atoms with Crippen LogP contribution in [0, 0.1) is 5.92 Å². The Kier molecular flexibility index (Phi) is 2.49. The SMILES string of the molecule is CC(C(N)=O)[C@H]1CCCN1C. The quantitative estimate of drug-likeness (QED) is 0.621. The van der Waals surface area contributed by atoms with Crippen molar-refractivity contribution in [3.05, 3.63) is 0 Å². The molecule has 1 aliphatic heterocycles. The summed E-state index contributed by atoms with van der Waals surface area (Å²) in [4.78, 5) is 13.0. The summed E-state index contributed by atoms with van der Waals surface area (Å²) < 4.78 is 0. The van der Waals surface area contributed by atoms with E-state index in [0.717, 1.165) is 13.0 Å². The molecule has 2 atom stereocenters. The molecule has 0 aliphatic carbocycles. The van der Waals surface area contributed by atoms with Gasteiger partial charge in [0.25, 0.3) is 0 Å². The van der Waals surface area contributed by atoms with Gasteiger partial charge < -0.3 is 10.6 Å². The Bertz CT molecular complexity index is 158. The molecule has 1 heterocycles. The van der Waals surface area contributed by atoms with E-state index in [1.54, 1.807) is 0 Å². The van der Waals surface area contributed by atoms with Gasteiger partial charge in [0.1, 0.15) is 0 Å². The Morgan fingerprint density at radius 2 is 2.36 bits per heavy atom. The van der Waals surface area contributed by atoms with E-state index in [-0.39, 0.29) is 11.8 Å². The molecule has 2 N–H and O–H groups in total. The van der Waals surface area contributed by atoms with Gasteiger partial charge in [0.2, 0.25) is 5.91 Å². The minimum atomic E-state index is -0.177. The van der Waals surface area contributed by atoms with Crippen LogP contribution in [0.1, 0.15) is 19.8 Å². The van der Waals surface area contributed by atoms with Crippen molar-refractivity contribution in [1.29, 1.82) is 0 Å². The second-order valence-electron chi connectivity index (χ2n) is 3.38. The Morgan fingerprint density at radius 1 is 1.73 bits per heavy atom. The summed E-state index contributed by atoms with van der Waals surface area (Å²) in [5.74, 6) is -0.175. The van der Waals surface area contributed by atoms with Crippen LogP contribution in [0.15, 0.2) is 0 Å². The summed E-state index contributed by atoms with van der Waals surface area (Å²) >= 11 is 0. The number of carbonyl (C=O) groups is 1. The maximum atomic E-state index is 10.8. The predicted molar refractivity (Wildman–Crippen MR) is 44.0 cm³/mol. The fraction of sp³-hybridized carbons (Fsp3) is 0.875. The summed E-state index contributed by atoms with van der Waals surface area (Å²) in [5.41, 5.74) is 5.21. The molecule has 0 radical (unpaired) electrons. The minimum Gasteiger partial charge on any atom is -0.369 e. The van der Waals surface area contributed by atoms with E-state index in [4.69, 9.17) is 5.73 Å². The first kappa shape index (κ1) is 8.53. The van der Waals surface area contributed by atoms with Crippen molar-refractivity contribution in [3.63, 3.8) is 0 Å². The lowest BCUT2D eigenvalue weighted by Gasteiger charge is -2.23. The van der Waals surface area contributed by atoms with Gasteiger partial charge in [-0.05, 0) is 26.4 Å². The van der Waals surface area contributed by atoms with Crippen LogP contribution in [0.25, 0.3) is 0 Å². The van der Waals surface area contributed by atoms with E-state index in [2.05, 4.69) is 11.9 Å². The molecule has 1 rings (SSSR count). The van der Waals surface area contributed by atoms with Crippen LogP contribution >= 0.6 is 0 Å². The summed E-state index contributed by atoms with van der Waals surface area (Å²) in [5, 5.41) is 0. The molecule has 1 aliphatic rings. The highest BCUT2D eigenvalue weighted by atomic mass is 16.1. The van der Waals surface area contributed by atoms with E-state index in [0.29, 0.717) is 6.04 Å². The van der Waals surface area contributed by atoms with Gasteiger partial charge in [0.15, 0.2) is 0 Å². The van der Waals surface area contributed by atoms with E-state index < -0.39 is 0 Å². The summed E-state index contributed by atoms with van der Waals surface area (Å²) in [6, 6.07) is 0.382. The molecule has 1 amide bonds. The van der Waals surface area contributed by atoms with Crippen LogP contribution in [0.3, 0.4) is 0 Å². The fourth-order valence-electron chi connectivity index (χ4n) is 1.76. The number of nitrogens with zero attached hydrogens (tertiary/aromatic N) is 1. The summed E-state index contributed by atoms with van der Waals surface area (Å²) in [7, 11) is 2.05. The molecule has 0 spiro atoms. The molecule has 1 fully saturated rings. The van der Waals surface area contributed by atoms with Crippen LogP contribution in [0.4, 0.5) is 0 Å². The van der Waals surface area contributed by atoms with Crippen molar-refractivity contribution in [3.8, 4) is 0 Å². The lowest BCUT2D eigenvalue weighted by atomic mass is 9.99. The normalized spacial score (nSPS) is 28.7. The second kappa shape index (κ2) is 3.22. The highest BCUT2D eigenvalue weighted by molar-refractivity contribution is 5.77. The molecule has 3 nitrogen and oxygen atoms in total. The average molecular weight is 156 g/mol. The first-order valence-corrected chi connectivity index (χ1v) is 4.12. The first-order valence-electron chi connectivity index (χ1n) is 4.12.